The van der Waals surface area contributed by atoms with Crippen molar-refractivity contribution in [2.75, 3.05) is 6.61 Å². The molecule has 190 valence electrons. The number of fused-ring (bicyclic) bond motifs is 2. The molecule has 0 aliphatic heterocycles. The number of phenolic OH excluding ortho intramolecular Hbond substituents is 1. The first-order valence-electron chi connectivity index (χ1n) is 11.0. The Balaban J connectivity index is 1.66. The first-order chi connectivity index (χ1) is 16.8. The van der Waals surface area contributed by atoms with Crippen LogP contribution in [0.25, 0.3) is 32.7 Å². The topological polar surface area (TPSA) is 49.7 Å². The Morgan fingerprint density at radius 2 is 1.33 bits per heavy atom. The van der Waals surface area contributed by atoms with Crippen molar-refractivity contribution < 1.29 is 41.3 Å². The number of phenols is 1. The van der Waals surface area contributed by atoms with Crippen molar-refractivity contribution in [3.8, 4) is 16.9 Å². The minimum absolute atomic E-state index is 0.0572. The van der Waals surface area contributed by atoms with E-state index in [1.54, 1.807) is 18.2 Å². The molecule has 0 aromatic heterocycles. The summed E-state index contributed by atoms with van der Waals surface area (Å²) in [6.07, 6.45) is -13.5. The number of benzene rings is 4. The largest absolute Gasteiger partial charge is 0.508 e. The van der Waals surface area contributed by atoms with Crippen LogP contribution in [0.1, 0.15) is 17.5 Å². The molecule has 9 heteroatoms. The average molecular weight is 508 g/mol. The van der Waals surface area contributed by atoms with E-state index in [9.17, 15) is 36.6 Å². The molecule has 4 rings (SSSR count). The molecule has 0 bridgehead atoms. The lowest BCUT2D eigenvalue weighted by Gasteiger charge is -2.32. The molecule has 36 heavy (non-hydrogen) atoms. The number of alkyl halides is 6. The van der Waals surface area contributed by atoms with Gasteiger partial charge in [-0.25, -0.2) is 0 Å². The smallest absolute Gasteiger partial charge is 0.426 e. The van der Waals surface area contributed by atoms with Crippen molar-refractivity contribution in [1.29, 1.82) is 0 Å². The van der Waals surface area contributed by atoms with Crippen LogP contribution >= 0.6 is 0 Å². The summed E-state index contributed by atoms with van der Waals surface area (Å²) in [4.78, 5) is 0. The highest BCUT2D eigenvalue weighted by atomic mass is 19.4. The Labute approximate surface area is 202 Å². The normalized spacial score (nSPS) is 13.0. The first kappa shape index (κ1) is 25.8. The molecule has 0 saturated heterocycles. The zero-order valence-electron chi connectivity index (χ0n) is 19.0. The molecule has 0 fully saturated rings. The maximum absolute atomic E-state index is 12.9. The van der Waals surface area contributed by atoms with Crippen molar-refractivity contribution in [3.05, 3.63) is 77.9 Å². The van der Waals surface area contributed by atoms with E-state index < -0.39 is 31.0 Å². The number of hydrogen-bond acceptors (Lipinski definition) is 3. The molecule has 0 aliphatic rings. The van der Waals surface area contributed by atoms with Crippen molar-refractivity contribution in [2.45, 2.75) is 37.9 Å². The number of halogens is 6. The molecule has 0 saturated carbocycles. The number of aryl methyl sites for hydroxylation is 1. The first-order valence-corrected chi connectivity index (χ1v) is 11.0. The maximum Gasteiger partial charge on any atom is 0.426 e. The van der Waals surface area contributed by atoms with E-state index in [2.05, 4.69) is 0 Å². The lowest BCUT2D eigenvalue weighted by Crippen LogP contribution is -2.57. The molecule has 2 N–H and O–H groups in total. The highest BCUT2D eigenvalue weighted by molar-refractivity contribution is 6.07. The van der Waals surface area contributed by atoms with E-state index in [1.807, 2.05) is 43.3 Å². The number of rotatable bonds is 6. The van der Waals surface area contributed by atoms with Crippen LogP contribution in [0.4, 0.5) is 26.3 Å². The molecular weight excluding hydrogens is 486 g/mol. The Hall–Kier alpha value is -3.30. The van der Waals surface area contributed by atoms with E-state index in [1.165, 1.54) is 12.1 Å². The van der Waals surface area contributed by atoms with Crippen LogP contribution in [0.2, 0.25) is 0 Å². The number of ether oxygens (including phenoxy) is 1. The van der Waals surface area contributed by atoms with Gasteiger partial charge in [0.2, 0.25) is 0 Å². The van der Waals surface area contributed by atoms with Crippen molar-refractivity contribution in [3.63, 3.8) is 0 Å². The van der Waals surface area contributed by atoms with Gasteiger partial charge in [0.1, 0.15) is 5.75 Å². The molecular formula is C27H22F6O3. The maximum atomic E-state index is 12.9. The third kappa shape index (κ3) is 4.60. The predicted octanol–water partition coefficient (Wildman–Crippen LogP) is 7.44. The van der Waals surface area contributed by atoms with Gasteiger partial charge in [-0.2, -0.15) is 26.3 Å². The molecule has 0 amide bonds. The van der Waals surface area contributed by atoms with Crippen LogP contribution in [-0.2, 0) is 11.3 Å². The lowest BCUT2D eigenvalue weighted by molar-refractivity contribution is -0.371. The van der Waals surface area contributed by atoms with E-state index >= 15 is 0 Å². The van der Waals surface area contributed by atoms with Gasteiger partial charge in [-0.15, -0.1) is 0 Å². The second-order valence-electron chi connectivity index (χ2n) is 8.64. The molecule has 0 spiro atoms. The van der Waals surface area contributed by atoms with Crippen molar-refractivity contribution in [2.24, 2.45) is 0 Å². The molecule has 0 radical (unpaired) electrons. The Morgan fingerprint density at radius 1 is 0.722 bits per heavy atom. The molecule has 4 aromatic carbocycles. The Morgan fingerprint density at radius 3 is 2.03 bits per heavy atom. The van der Waals surface area contributed by atoms with Crippen LogP contribution in [0.15, 0.2) is 66.7 Å². The second-order valence-corrected chi connectivity index (χ2v) is 8.64. The predicted molar refractivity (Wildman–Crippen MR) is 125 cm³/mol. The summed E-state index contributed by atoms with van der Waals surface area (Å²) < 4.78 is 82.5. The molecule has 4 aromatic rings. The molecule has 0 aliphatic carbocycles. The van der Waals surface area contributed by atoms with Gasteiger partial charge in [-0.1, -0.05) is 54.6 Å². The van der Waals surface area contributed by atoms with Crippen molar-refractivity contribution in [1.82, 2.24) is 0 Å². The summed E-state index contributed by atoms with van der Waals surface area (Å²) in [6, 6.07) is 20.0. The van der Waals surface area contributed by atoms with Gasteiger partial charge in [0.05, 0.1) is 13.2 Å². The molecule has 0 atom stereocenters. The van der Waals surface area contributed by atoms with E-state index in [4.69, 9.17) is 4.74 Å². The Kier molecular flexibility index (Phi) is 6.66. The number of aromatic hydroxyl groups is 1. The minimum Gasteiger partial charge on any atom is -0.508 e. The third-order valence-corrected chi connectivity index (χ3v) is 6.32. The fourth-order valence-electron chi connectivity index (χ4n) is 4.31. The molecule has 0 heterocycles. The fourth-order valence-corrected chi connectivity index (χ4v) is 4.31. The van der Waals surface area contributed by atoms with Crippen LogP contribution < -0.4 is 0 Å². The summed E-state index contributed by atoms with van der Waals surface area (Å²) >= 11 is 0. The highest BCUT2D eigenvalue weighted by Gasteiger charge is 2.69. The van der Waals surface area contributed by atoms with Crippen molar-refractivity contribution >= 4 is 21.5 Å². The highest BCUT2D eigenvalue weighted by Crippen LogP contribution is 2.45. The van der Waals surface area contributed by atoms with Gasteiger partial charge < -0.3 is 14.9 Å². The Bertz CT molecular complexity index is 1390. The second kappa shape index (κ2) is 9.29. The number of aliphatic hydroxyl groups is 1. The van der Waals surface area contributed by atoms with Gasteiger partial charge in [0, 0.05) is 6.42 Å². The third-order valence-electron chi connectivity index (χ3n) is 6.32. The summed E-state index contributed by atoms with van der Waals surface area (Å²) in [7, 11) is 0. The van der Waals surface area contributed by atoms with E-state index in [0.717, 1.165) is 32.8 Å². The van der Waals surface area contributed by atoms with E-state index in [0.29, 0.717) is 10.9 Å². The van der Waals surface area contributed by atoms with Crippen LogP contribution in [0.5, 0.6) is 5.75 Å². The lowest BCUT2D eigenvalue weighted by atomic mass is 9.91. The zero-order chi connectivity index (χ0) is 26.3. The van der Waals surface area contributed by atoms with Gasteiger partial charge in [0.15, 0.2) is 0 Å². The summed E-state index contributed by atoms with van der Waals surface area (Å²) in [5.41, 5.74) is -1.53. The van der Waals surface area contributed by atoms with Gasteiger partial charge in [-0.05, 0) is 62.9 Å². The number of hydrogen-bond donors (Lipinski definition) is 2. The quantitative estimate of drug-likeness (QED) is 0.210. The molecule has 3 nitrogen and oxygen atoms in total. The van der Waals surface area contributed by atoms with Crippen LogP contribution in [0, 0.1) is 6.92 Å². The fraction of sp³-hybridized carbons (Fsp3) is 0.259. The summed E-state index contributed by atoms with van der Waals surface area (Å²) in [5, 5.41) is 22.7. The molecule has 0 unspecified atom stereocenters. The zero-order valence-corrected chi connectivity index (χ0v) is 19.0. The SMILES string of the molecule is Cc1cccc2c(-c3ccc(COCCC(O)(C(F)(F)F)C(F)(F)F)c4cc(O)ccc34)cccc12. The van der Waals surface area contributed by atoms with E-state index in [-0.39, 0.29) is 12.4 Å². The average Bonchev–Trinajstić information content (AvgIpc) is 2.80. The van der Waals surface area contributed by atoms with Gasteiger partial charge in [-0.3, -0.25) is 0 Å². The summed E-state index contributed by atoms with van der Waals surface area (Å²) in [5.74, 6) is -0.0572. The minimum atomic E-state index is -5.90. The van der Waals surface area contributed by atoms with Crippen LogP contribution in [0.3, 0.4) is 0 Å². The monoisotopic (exact) mass is 508 g/mol. The standard InChI is InChI=1S/C27H22F6O3/c1-16-4-2-6-20-19(16)5-3-7-21(20)22-10-8-17(24-14-18(34)9-11-23(22)24)15-36-13-12-25(35,26(28,29)30)27(31,32)33/h2-11,14,34-35H,12-13,15H2,1H3. The summed E-state index contributed by atoms with van der Waals surface area (Å²) in [6.45, 7) is 0.697. The van der Waals surface area contributed by atoms with Crippen LogP contribution in [-0.4, -0.2) is 34.8 Å². The van der Waals surface area contributed by atoms with Gasteiger partial charge >= 0.3 is 12.4 Å². The van der Waals surface area contributed by atoms with Gasteiger partial charge in [0.25, 0.3) is 5.60 Å².